The molecule has 1 saturated heterocycles. The van der Waals surface area contributed by atoms with Crippen molar-refractivity contribution in [3.63, 3.8) is 0 Å². The van der Waals surface area contributed by atoms with Crippen LogP contribution in [0.25, 0.3) is 0 Å². The van der Waals surface area contributed by atoms with Crippen LogP contribution in [0.5, 0.6) is 5.75 Å². The first kappa shape index (κ1) is 12.9. The van der Waals surface area contributed by atoms with E-state index < -0.39 is 6.09 Å². The number of benzene rings is 1. The second kappa shape index (κ2) is 7.01. The number of carbonyl (C=O) groups is 1. The van der Waals surface area contributed by atoms with Crippen molar-refractivity contribution in [2.24, 2.45) is 0 Å². The van der Waals surface area contributed by atoms with E-state index in [-0.39, 0.29) is 6.10 Å². The minimum atomic E-state index is -0.406. The molecule has 1 aromatic rings. The number of nitrogens with one attached hydrogen (secondary N) is 1. The lowest BCUT2D eigenvalue weighted by molar-refractivity contribution is 0.0118. The van der Waals surface area contributed by atoms with Crippen molar-refractivity contribution in [1.29, 1.82) is 0 Å². The summed E-state index contributed by atoms with van der Waals surface area (Å²) < 4.78 is 10.7. The molecular weight excluding hydrogens is 230 g/mol. The SMILES string of the molecule is O=C(NCCC1CCCCO1)Oc1ccccc1. The van der Waals surface area contributed by atoms with Crippen molar-refractivity contribution >= 4 is 6.09 Å². The fourth-order valence-electron chi connectivity index (χ4n) is 2.00. The molecule has 2 rings (SSSR count). The van der Waals surface area contributed by atoms with E-state index in [0.717, 1.165) is 25.9 Å². The van der Waals surface area contributed by atoms with Gasteiger partial charge in [-0.25, -0.2) is 4.79 Å². The lowest BCUT2D eigenvalue weighted by Gasteiger charge is -2.22. The number of hydrogen-bond donors (Lipinski definition) is 1. The zero-order chi connectivity index (χ0) is 12.6. The molecule has 4 nitrogen and oxygen atoms in total. The average Bonchev–Trinajstić information content (AvgIpc) is 2.41. The van der Waals surface area contributed by atoms with Crippen LogP contribution < -0.4 is 10.1 Å². The maximum absolute atomic E-state index is 11.5. The summed E-state index contributed by atoms with van der Waals surface area (Å²) in [6, 6.07) is 9.05. The molecule has 1 unspecified atom stereocenters. The summed E-state index contributed by atoms with van der Waals surface area (Å²) >= 11 is 0. The summed E-state index contributed by atoms with van der Waals surface area (Å²) in [5.74, 6) is 0.559. The zero-order valence-corrected chi connectivity index (χ0v) is 10.4. The number of rotatable bonds is 4. The molecule has 1 atom stereocenters. The first-order valence-electron chi connectivity index (χ1n) is 6.47. The predicted molar refractivity (Wildman–Crippen MR) is 68.7 cm³/mol. The topological polar surface area (TPSA) is 47.6 Å². The maximum Gasteiger partial charge on any atom is 0.412 e. The van der Waals surface area contributed by atoms with E-state index in [2.05, 4.69) is 5.32 Å². The predicted octanol–water partition coefficient (Wildman–Crippen LogP) is 2.73. The third-order valence-corrected chi connectivity index (χ3v) is 2.96. The molecule has 1 heterocycles. The van der Waals surface area contributed by atoms with Crippen LogP contribution in [0, 0.1) is 0 Å². The van der Waals surface area contributed by atoms with Crippen LogP contribution >= 0.6 is 0 Å². The monoisotopic (exact) mass is 249 g/mol. The minimum absolute atomic E-state index is 0.288. The van der Waals surface area contributed by atoms with Crippen LogP contribution in [0.2, 0.25) is 0 Å². The number of ether oxygens (including phenoxy) is 2. The van der Waals surface area contributed by atoms with Crippen molar-refractivity contribution in [2.45, 2.75) is 31.8 Å². The number of carbonyl (C=O) groups excluding carboxylic acids is 1. The van der Waals surface area contributed by atoms with Gasteiger partial charge in [0.25, 0.3) is 0 Å². The number of para-hydroxylation sites is 1. The lowest BCUT2D eigenvalue weighted by Crippen LogP contribution is -2.31. The summed E-state index contributed by atoms with van der Waals surface area (Å²) in [4.78, 5) is 11.5. The van der Waals surface area contributed by atoms with Crippen LogP contribution in [0.4, 0.5) is 4.79 Å². The van der Waals surface area contributed by atoms with Gasteiger partial charge in [0.15, 0.2) is 0 Å². The Morgan fingerprint density at radius 1 is 1.33 bits per heavy atom. The molecule has 4 heteroatoms. The summed E-state index contributed by atoms with van der Waals surface area (Å²) in [6.07, 6.45) is 4.20. The van der Waals surface area contributed by atoms with E-state index in [1.54, 1.807) is 12.1 Å². The van der Waals surface area contributed by atoms with E-state index >= 15 is 0 Å². The Kier molecular flexibility index (Phi) is 5.02. The Morgan fingerprint density at radius 2 is 2.17 bits per heavy atom. The van der Waals surface area contributed by atoms with E-state index in [0.29, 0.717) is 12.3 Å². The molecule has 1 amide bonds. The highest BCUT2D eigenvalue weighted by atomic mass is 16.6. The zero-order valence-electron chi connectivity index (χ0n) is 10.4. The molecule has 0 aliphatic carbocycles. The van der Waals surface area contributed by atoms with E-state index in [9.17, 15) is 4.79 Å². The number of hydrogen-bond acceptors (Lipinski definition) is 3. The smallest absolute Gasteiger partial charge is 0.410 e. The first-order valence-corrected chi connectivity index (χ1v) is 6.47. The van der Waals surface area contributed by atoms with Gasteiger partial charge < -0.3 is 14.8 Å². The third-order valence-electron chi connectivity index (χ3n) is 2.96. The molecule has 0 saturated carbocycles. The van der Waals surface area contributed by atoms with Crippen molar-refractivity contribution in [3.05, 3.63) is 30.3 Å². The largest absolute Gasteiger partial charge is 0.412 e. The molecule has 1 N–H and O–H groups in total. The van der Waals surface area contributed by atoms with Crippen molar-refractivity contribution in [2.75, 3.05) is 13.2 Å². The minimum Gasteiger partial charge on any atom is -0.410 e. The molecule has 1 aromatic carbocycles. The van der Waals surface area contributed by atoms with Gasteiger partial charge >= 0.3 is 6.09 Å². The fraction of sp³-hybridized carbons (Fsp3) is 0.500. The van der Waals surface area contributed by atoms with Crippen molar-refractivity contribution in [1.82, 2.24) is 5.32 Å². The van der Waals surface area contributed by atoms with Crippen LogP contribution in [0.15, 0.2) is 30.3 Å². The molecule has 0 spiro atoms. The molecular formula is C14H19NO3. The second-order valence-electron chi connectivity index (χ2n) is 4.41. The average molecular weight is 249 g/mol. The van der Waals surface area contributed by atoms with Gasteiger partial charge in [-0.3, -0.25) is 0 Å². The summed E-state index contributed by atoms with van der Waals surface area (Å²) in [5, 5.41) is 2.74. The number of amides is 1. The van der Waals surface area contributed by atoms with Gasteiger partial charge in [0, 0.05) is 13.2 Å². The highest BCUT2D eigenvalue weighted by Crippen LogP contribution is 2.15. The van der Waals surface area contributed by atoms with Crippen LogP contribution in [-0.2, 0) is 4.74 Å². The van der Waals surface area contributed by atoms with E-state index in [1.165, 1.54) is 6.42 Å². The van der Waals surface area contributed by atoms with Gasteiger partial charge in [-0.05, 0) is 37.8 Å². The van der Waals surface area contributed by atoms with E-state index in [4.69, 9.17) is 9.47 Å². The highest BCUT2D eigenvalue weighted by Gasteiger charge is 2.13. The van der Waals surface area contributed by atoms with Gasteiger partial charge in [-0.15, -0.1) is 0 Å². The molecule has 1 fully saturated rings. The standard InChI is InChI=1S/C14H19NO3/c16-14(18-13-7-2-1-3-8-13)15-10-9-12-6-4-5-11-17-12/h1-3,7-8,12H,4-6,9-11H2,(H,15,16). The van der Waals surface area contributed by atoms with Crippen LogP contribution in [0.1, 0.15) is 25.7 Å². The van der Waals surface area contributed by atoms with Crippen molar-refractivity contribution < 1.29 is 14.3 Å². The van der Waals surface area contributed by atoms with Gasteiger partial charge in [-0.2, -0.15) is 0 Å². The summed E-state index contributed by atoms with van der Waals surface area (Å²) in [7, 11) is 0. The quantitative estimate of drug-likeness (QED) is 0.892. The van der Waals surface area contributed by atoms with Crippen LogP contribution in [-0.4, -0.2) is 25.3 Å². The molecule has 1 aliphatic heterocycles. The Balaban J connectivity index is 1.62. The van der Waals surface area contributed by atoms with E-state index in [1.807, 2.05) is 18.2 Å². The fourth-order valence-corrected chi connectivity index (χ4v) is 2.00. The van der Waals surface area contributed by atoms with Crippen LogP contribution in [0.3, 0.4) is 0 Å². The Bertz CT molecular complexity index is 361. The first-order chi connectivity index (χ1) is 8.84. The molecule has 18 heavy (non-hydrogen) atoms. The Hall–Kier alpha value is -1.55. The molecule has 98 valence electrons. The van der Waals surface area contributed by atoms with Gasteiger partial charge in [0.2, 0.25) is 0 Å². The van der Waals surface area contributed by atoms with Gasteiger partial charge in [-0.1, -0.05) is 18.2 Å². The van der Waals surface area contributed by atoms with Gasteiger partial charge in [0.05, 0.1) is 6.10 Å². The molecule has 0 aromatic heterocycles. The molecule has 1 aliphatic rings. The highest BCUT2D eigenvalue weighted by molar-refractivity contribution is 5.70. The lowest BCUT2D eigenvalue weighted by atomic mass is 10.1. The summed E-state index contributed by atoms with van der Waals surface area (Å²) in [5.41, 5.74) is 0. The summed E-state index contributed by atoms with van der Waals surface area (Å²) in [6.45, 7) is 1.44. The normalized spacial score (nSPS) is 19.2. The van der Waals surface area contributed by atoms with Crippen molar-refractivity contribution in [3.8, 4) is 5.75 Å². The van der Waals surface area contributed by atoms with Gasteiger partial charge in [0.1, 0.15) is 5.75 Å². The second-order valence-corrected chi connectivity index (χ2v) is 4.41. The Labute approximate surface area is 107 Å². The third kappa shape index (κ3) is 4.37. The molecule has 0 radical (unpaired) electrons. The Morgan fingerprint density at radius 3 is 2.89 bits per heavy atom. The maximum atomic E-state index is 11.5. The molecule has 0 bridgehead atoms.